The fraction of sp³-hybridized carbons (Fsp3) is 0.455. The van der Waals surface area contributed by atoms with Crippen molar-refractivity contribution in [2.45, 2.75) is 13.0 Å². The zero-order chi connectivity index (χ0) is 12.8. The molecule has 0 heterocycles. The average molecular weight is 270 g/mol. The van der Waals surface area contributed by atoms with Crippen LogP contribution in [0.2, 0.25) is 0 Å². The summed E-state index contributed by atoms with van der Waals surface area (Å²) in [6.45, 7) is -0.398. The molecule has 0 amide bonds. The topological polar surface area (TPSA) is 3.24 Å². The molecule has 0 bridgehead atoms. The molecule has 6 heteroatoms. The van der Waals surface area contributed by atoms with Gasteiger partial charge < -0.3 is 0 Å². The summed E-state index contributed by atoms with van der Waals surface area (Å²) in [4.78, 5) is 1.29. The van der Waals surface area contributed by atoms with Crippen LogP contribution in [0.25, 0.3) is 0 Å². The van der Waals surface area contributed by atoms with Gasteiger partial charge in [0.2, 0.25) is 0 Å². The Bertz CT molecular complexity index is 359. The third kappa shape index (κ3) is 4.52. The fourth-order valence-electron chi connectivity index (χ4n) is 1.46. The van der Waals surface area contributed by atoms with Gasteiger partial charge in [0.15, 0.2) is 11.6 Å². The van der Waals surface area contributed by atoms with Gasteiger partial charge in [-0.1, -0.05) is 12.1 Å². The van der Waals surface area contributed by atoms with E-state index in [2.05, 4.69) is 0 Å². The van der Waals surface area contributed by atoms with Crippen LogP contribution in [-0.2, 0) is 6.54 Å². The van der Waals surface area contributed by atoms with Gasteiger partial charge in [-0.05, 0) is 6.07 Å². The fourth-order valence-corrected chi connectivity index (χ4v) is 1.70. The molecule has 1 aromatic carbocycles. The lowest BCUT2D eigenvalue weighted by molar-refractivity contribution is 0.0872. The van der Waals surface area contributed by atoms with Crippen molar-refractivity contribution in [3.8, 4) is 0 Å². The Kier molecular flexibility index (Phi) is 5.71. The molecule has 0 spiro atoms. The molecule has 0 saturated carbocycles. The molecule has 1 rings (SSSR count). The van der Waals surface area contributed by atoms with E-state index in [9.17, 15) is 17.6 Å². The first-order valence-corrected chi connectivity index (χ1v) is 5.57. The van der Waals surface area contributed by atoms with E-state index in [1.54, 1.807) is 0 Å². The maximum Gasteiger partial charge on any atom is 0.251 e. The number of hydrogen-bond donors (Lipinski definition) is 0. The summed E-state index contributed by atoms with van der Waals surface area (Å²) in [5.41, 5.74) is 0.0516. The Hall–Kier alpha value is -0.810. The highest BCUT2D eigenvalue weighted by atomic mass is 35.5. The summed E-state index contributed by atoms with van der Waals surface area (Å²) in [7, 11) is 0. The maximum absolute atomic E-state index is 13.3. The predicted octanol–water partition coefficient (Wildman–Crippen LogP) is 3.27. The van der Waals surface area contributed by atoms with Crippen molar-refractivity contribution in [1.82, 2.24) is 4.90 Å². The number of alkyl halides is 3. The lowest BCUT2D eigenvalue weighted by atomic mass is 10.2. The standard InChI is InChI=1S/C11H12ClF4N/c12-4-5-17(7-10(14)15)6-8-2-1-3-9(13)11(8)16/h1-3,10H,4-7H2. The highest BCUT2D eigenvalue weighted by Gasteiger charge is 2.15. The monoisotopic (exact) mass is 269 g/mol. The summed E-state index contributed by atoms with van der Waals surface area (Å²) >= 11 is 5.46. The Morgan fingerprint density at radius 1 is 1.24 bits per heavy atom. The van der Waals surface area contributed by atoms with Gasteiger partial charge in [0.25, 0.3) is 6.43 Å². The van der Waals surface area contributed by atoms with Crippen LogP contribution in [-0.4, -0.2) is 30.3 Å². The molecule has 0 aromatic heterocycles. The molecule has 0 atom stereocenters. The molecule has 0 unspecified atom stereocenters. The second-order valence-electron chi connectivity index (χ2n) is 3.53. The normalized spacial score (nSPS) is 11.5. The second-order valence-corrected chi connectivity index (χ2v) is 3.91. The van der Waals surface area contributed by atoms with Crippen LogP contribution in [0, 0.1) is 11.6 Å². The molecule has 0 N–H and O–H groups in total. The molecule has 96 valence electrons. The van der Waals surface area contributed by atoms with Crippen molar-refractivity contribution in [3.63, 3.8) is 0 Å². The minimum atomic E-state index is -2.53. The molecular weight excluding hydrogens is 258 g/mol. The minimum Gasteiger partial charge on any atom is -0.292 e. The number of benzene rings is 1. The van der Waals surface area contributed by atoms with E-state index in [4.69, 9.17) is 11.6 Å². The van der Waals surface area contributed by atoms with Gasteiger partial charge in [-0.25, -0.2) is 17.6 Å². The average Bonchev–Trinajstić information content (AvgIpc) is 2.24. The molecule has 0 fully saturated rings. The van der Waals surface area contributed by atoms with Crippen LogP contribution in [0.3, 0.4) is 0 Å². The highest BCUT2D eigenvalue weighted by molar-refractivity contribution is 6.18. The summed E-state index contributed by atoms with van der Waals surface area (Å²) in [6, 6.07) is 3.69. The Morgan fingerprint density at radius 3 is 2.53 bits per heavy atom. The van der Waals surface area contributed by atoms with E-state index in [0.29, 0.717) is 0 Å². The molecular formula is C11H12ClF4N. The number of rotatable bonds is 6. The van der Waals surface area contributed by atoms with Crippen molar-refractivity contribution in [3.05, 3.63) is 35.4 Å². The smallest absolute Gasteiger partial charge is 0.251 e. The van der Waals surface area contributed by atoms with Crippen LogP contribution >= 0.6 is 11.6 Å². The summed E-state index contributed by atoms with van der Waals surface area (Å²) in [5.74, 6) is -1.82. The zero-order valence-corrected chi connectivity index (χ0v) is 9.73. The van der Waals surface area contributed by atoms with E-state index < -0.39 is 24.6 Å². The van der Waals surface area contributed by atoms with Crippen LogP contribution in [0.4, 0.5) is 17.6 Å². The summed E-state index contributed by atoms with van der Waals surface area (Å²) in [6.07, 6.45) is -2.53. The molecule has 0 aliphatic rings. The van der Waals surface area contributed by atoms with Crippen LogP contribution < -0.4 is 0 Å². The first-order chi connectivity index (χ1) is 8.04. The molecule has 0 saturated heterocycles. The summed E-state index contributed by atoms with van der Waals surface area (Å²) < 4.78 is 50.7. The Balaban J connectivity index is 2.74. The lowest BCUT2D eigenvalue weighted by Crippen LogP contribution is -2.30. The van der Waals surface area contributed by atoms with Gasteiger partial charge in [0.1, 0.15) is 0 Å². The van der Waals surface area contributed by atoms with E-state index in [0.717, 1.165) is 6.07 Å². The van der Waals surface area contributed by atoms with Gasteiger partial charge >= 0.3 is 0 Å². The Morgan fingerprint density at radius 2 is 1.94 bits per heavy atom. The molecule has 1 nitrogen and oxygen atoms in total. The van der Waals surface area contributed by atoms with Crippen molar-refractivity contribution in [1.29, 1.82) is 0 Å². The third-order valence-electron chi connectivity index (χ3n) is 2.22. The van der Waals surface area contributed by atoms with Crippen molar-refractivity contribution >= 4 is 11.6 Å². The number of hydrogen-bond acceptors (Lipinski definition) is 1. The minimum absolute atomic E-state index is 0.0516. The van der Waals surface area contributed by atoms with Crippen LogP contribution in [0.1, 0.15) is 5.56 Å². The van der Waals surface area contributed by atoms with Gasteiger partial charge in [-0.15, -0.1) is 11.6 Å². The SMILES string of the molecule is Fc1cccc(CN(CCCl)CC(F)F)c1F. The lowest BCUT2D eigenvalue weighted by Gasteiger charge is -2.21. The van der Waals surface area contributed by atoms with E-state index in [1.807, 2.05) is 0 Å². The first kappa shape index (κ1) is 14.3. The second kappa shape index (κ2) is 6.81. The molecule has 0 aliphatic heterocycles. The van der Waals surface area contributed by atoms with Gasteiger partial charge in [0.05, 0.1) is 6.54 Å². The van der Waals surface area contributed by atoms with E-state index >= 15 is 0 Å². The van der Waals surface area contributed by atoms with Crippen molar-refractivity contribution in [2.24, 2.45) is 0 Å². The summed E-state index contributed by atoms with van der Waals surface area (Å²) in [5, 5.41) is 0. The van der Waals surface area contributed by atoms with E-state index in [1.165, 1.54) is 17.0 Å². The van der Waals surface area contributed by atoms with E-state index in [-0.39, 0.29) is 24.5 Å². The third-order valence-corrected chi connectivity index (χ3v) is 2.39. The van der Waals surface area contributed by atoms with Crippen LogP contribution in [0.15, 0.2) is 18.2 Å². The van der Waals surface area contributed by atoms with Gasteiger partial charge in [-0.2, -0.15) is 0 Å². The number of halogens is 5. The van der Waals surface area contributed by atoms with Crippen molar-refractivity contribution in [2.75, 3.05) is 19.0 Å². The molecule has 0 aliphatic carbocycles. The van der Waals surface area contributed by atoms with Gasteiger partial charge in [-0.3, -0.25) is 4.90 Å². The maximum atomic E-state index is 13.3. The number of nitrogens with zero attached hydrogens (tertiary/aromatic N) is 1. The molecule has 1 aromatic rings. The van der Waals surface area contributed by atoms with Crippen molar-refractivity contribution < 1.29 is 17.6 Å². The van der Waals surface area contributed by atoms with Crippen LogP contribution in [0.5, 0.6) is 0 Å². The zero-order valence-electron chi connectivity index (χ0n) is 8.97. The Labute approximate surface area is 102 Å². The molecule has 0 radical (unpaired) electrons. The largest absolute Gasteiger partial charge is 0.292 e. The molecule has 17 heavy (non-hydrogen) atoms. The highest BCUT2D eigenvalue weighted by Crippen LogP contribution is 2.14. The first-order valence-electron chi connectivity index (χ1n) is 5.04. The van der Waals surface area contributed by atoms with Gasteiger partial charge in [0, 0.05) is 24.5 Å². The predicted molar refractivity (Wildman–Crippen MR) is 58.4 cm³/mol. The quantitative estimate of drug-likeness (QED) is 0.566.